The molecule has 2 atom stereocenters. The number of rotatable bonds is 6. The summed E-state index contributed by atoms with van der Waals surface area (Å²) in [7, 11) is 0. The van der Waals surface area contributed by atoms with Gasteiger partial charge in [-0.2, -0.15) is 13.2 Å². The Labute approximate surface area is 191 Å². The topological polar surface area (TPSA) is 50.8 Å². The second-order valence-corrected chi connectivity index (χ2v) is 8.75. The third-order valence-electron chi connectivity index (χ3n) is 6.60. The summed E-state index contributed by atoms with van der Waals surface area (Å²) in [6.07, 6.45) is -2.93. The van der Waals surface area contributed by atoms with Crippen LogP contribution < -0.4 is 10.1 Å². The van der Waals surface area contributed by atoms with Crippen LogP contribution in [0.4, 0.5) is 13.2 Å². The fraction of sp³-hybridized carbons (Fsp3) is 0.480. The highest BCUT2D eigenvalue weighted by Crippen LogP contribution is 2.35. The lowest BCUT2D eigenvalue weighted by Crippen LogP contribution is -2.61. The van der Waals surface area contributed by atoms with E-state index >= 15 is 0 Å². The number of amides is 1. The molecule has 0 unspecified atom stereocenters. The molecule has 2 aliphatic rings. The Balaban J connectivity index is 1.45. The summed E-state index contributed by atoms with van der Waals surface area (Å²) in [5.74, 6) is 0.154. The molecule has 4 rings (SSSR count). The zero-order valence-corrected chi connectivity index (χ0v) is 18.6. The van der Waals surface area contributed by atoms with Crippen molar-refractivity contribution in [3.63, 3.8) is 0 Å². The van der Waals surface area contributed by atoms with Gasteiger partial charge in [0, 0.05) is 26.3 Å². The molecule has 0 bridgehead atoms. The largest absolute Gasteiger partial charge is 0.489 e. The normalized spacial score (nSPS) is 22.0. The molecule has 1 amide bonds. The zero-order chi connectivity index (χ0) is 23.5. The lowest BCUT2D eigenvalue weighted by Gasteiger charge is -2.43. The summed E-state index contributed by atoms with van der Waals surface area (Å²) in [6.45, 7) is 4.05. The molecule has 2 saturated heterocycles. The van der Waals surface area contributed by atoms with Gasteiger partial charge in [-0.25, -0.2) is 0 Å². The molecule has 2 fully saturated rings. The van der Waals surface area contributed by atoms with Gasteiger partial charge in [-0.15, -0.1) is 0 Å². The van der Waals surface area contributed by atoms with Crippen molar-refractivity contribution in [1.29, 1.82) is 0 Å². The van der Waals surface area contributed by atoms with Crippen molar-refractivity contribution in [2.45, 2.75) is 50.0 Å². The summed E-state index contributed by atoms with van der Waals surface area (Å²) < 4.78 is 50.5. The maximum absolute atomic E-state index is 13.5. The molecular weight excluding hydrogens is 433 g/mol. The molecule has 5 nitrogen and oxygen atoms in total. The third-order valence-corrected chi connectivity index (χ3v) is 6.60. The minimum atomic E-state index is -4.42. The number of alkyl halides is 3. The summed E-state index contributed by atoms with van der Waals surface area (Å²) in [6, 6.07) is 14.6. The minimum Gasteiger partial charge on any atom is -0.489 e. The Morgan fingerprint density at radius 3 is 2.58 bits per heavy atom. The first kappa shape index (κ1) is 23.6. The number of nitrogens with zero attached hydrogens (tertiary/aromatic N) is 1. The molecule has 0 aliphatic carbocycles. The van der Waals surface area contributed by atoms with Crippen LogP contribution >= 0.6 is 0 Å². The first-order valence-corrected chi connectivity index (χ1v) is 11.3. The summed E-state index contributed by atoms with van der Waals surface area (Å²) in [4.78, 5) is 15.7. The van der Waals surface area contributed by atoms with Gasteiger partial charge in [-0.05, 0) is 49.9 Å². The average molecular weight is 463 g/mol. The smallest absolute Gasteiger partial charge is 0.416 e. The fourth-order valence-electron chi connectivity index (χ4n) is 4.70. The number of carbonyl (C=O) groups excluding carboxylic acids is 1. The van der Waals surface area contributed by atoms with Crippen LogP contribution in [0.15, 0.2) is 54.6 Å². The number of benzene rings is 2. The Hall–Kier alpha value is -2.58. The van der Waals surface area contributed by atoms with E-state index in [-0.39, 0.29) is 23.8 Å². The molecule has 2 aliphatic heterocycles. The third kappa shape index (κ3) is 5.33. The highest BCUT2D eigenvalue weighted by molar-refractivity contribution is 5.87. The first-order chi connectivity index (χ1) is 15.8. The molecule has 33 heavy (non-hydrogen) atoms. The van der Waals surface area contributed by atoms with Gasteiger partial charge in [0.05, 0.1) is 11.6 Å². The first-order valence-electron chi connectivity index (χ1n) is 11.3. The molecule has 2 aromatic carbocycles. The number of nitrogens with one attached hydrogen (secondary N) is 1. The second-order valence-electron chi connectivity index (χ2n) is 8.75. The van der Waals surface area contributed by atoms with E-state index in [1.54, 1.807) is 0 Å². The maximum atomic E-state index is 13.5. The molecule has 0 aromatic heterocycles. The number of ether oxygens (including phenoxy) is 2. The number of hydrogen-bond acceptors (Lipinski definition) is 4. The van der Waals surface area contributed by atoms with E-state index in [9.17, 15) is 18.0 Å². The fourth-order valence-corrected chi connectivity index (χ4v) is 4.70. The lowest BCUT2D eigenvalue weighted by molar-refractivity contribution is -0.141. The predicted octanol–water partition coefficient (Wildman–Crippen LogP) is 4.59. The van der Waals surface area contributed by atoms with Crippen molar-refractivity contribution in [3.05, 3.63) is 65.7 Å². The van der Waals surface area contributed by atoms with Crippen LogP contribution in [-0.2, 0) is 15.7 Å². The van der Waals surface area contributed by atoms with E-state index in [1.165, 1.54) is 12.1 Å². The SMILES string of the molecule is C[C@H](NC(=O)C1(N2CC[C@@H](Oc3cccc(C(F)(F)F)c3)C2)CCOCC1)c1ccccc1. The van der Waals surface area contributed by atoms with E-state index in [1.807, 2.05) is 37.3 Å². The number of likely N-dealkylation sites (tertiary alicyclic amines) is 1. The molecule has 0 spiro atoms. The monoisotopic (exact) mass is 462 g/mol. The van der Waals surface area contributed by atoms with Crippen LogP contribution in [0.3, 0.4) is 0 Å². The van der Waals surface area contributed by atoms with Crippen LogP contribution in [0.25, 0.3) is 0 Å². The molecule has 2 aromatic rings. The second kappa shape index (κ2) is 9.73. The van der Waals surface area contributed by atoms with Crippen LogP contribution in [0.5, 0.6) is 5.75 Å². The van der Waals surface area contributed by atoms with Crippen LogP contribution in [0.2, 0.25) is 0 Å². The minimum absolute atomic E-state index is 0.0399. The van der Waals surface area contributed by atoms with Crippen molar-refractivity contribution < 1.29 is 27.4 Å². The van der Waals surface area contributed by atoms with E-state index < -0.39 is 17.3 Å². The molecule has 1 N–H and O–H groups in total. The van der Waals surface area contributed by atoms with Crippen LogP contribution in [0.1, 0.15) is 43.4 Å². The zero-order valence-electron chi connectivity index (χ0n) is 18.6. The maximum Gasteiger partial charge on any atom is 0.416 e. The van der Waals surface area contributed by atoms with E-state index in [2.05, 4.69) is 10.2 Å². The Morgan fingerprint density at radius 2 is 1.88 bits per heavy atom. The van der Waals surface area contributed by atoms with Crippen molar-refractivity contribution in [2.75, 3.05) is 26.3 Å². The van der Waals surface area contributed by atoms with E-state index in [4.69, 9.17) is 9.47 Å². The van der Waals surface area contributed by atoms with Gasteiger partial charge in [-0.1, -0.05) is 36.4 Å². The summed E-state index contributed by atoms with van der Waals surface area (Å²) >= 11 is 0. The molecule has 2 heterocycles. The Bertz CT molecular complexity index is 945. The molecular formula is C25H29F3N2O3. The van der Waals surface area contributed by atoms with Crippen molar-refractivity contribution >= 4 is 5.91 Å². The van der Waals surface area contributed by atoms with Gasteiger partial charge >= 0.3 is 6.18 Å². The molecule has 8 heteroatoms. The highest BCUT2D eigenvalue weighted by atomic mass is 19.4. The van der Waals surface area contributed by atoms with Gasteiger partial charge in [0.1, 0.15) is 17.4 Å². The highest BCUT2D eigenvalue weighted by Gasteiger charge is 2.48. The standard InChI is InChI=1S/C25H29F3N2O3/c1-18(19-6-3-2-4-7-19)29-23(31)24(11-14-32-15-12-24)30-13-10-22(17-30)33-21-9-5-8-20(16-21)25(26,27)28/h2-9,16,18,22H,10-15,17H2,1H3,(H,29,31)/t18-,22+/m0/s1. The van der Waals surface area contributed by atoms with Crippen LogP contribution in [0, 0.1) is 0 Å². The molecule has 0 radical (unpaired) electrons. The quantitative estimate of drug-likeness (QED) is 0.683. The molecule has 0 saturated carbocycles. The average Bonchev–Trinajstić information content (AvgIpc) is 3.28. The summed E-state index contributed by atoms with van der Waals surface area (Å²) in [5, 5.41) is 3.17. The van der Waals surface area contributed by atoms with Gasteiger partial charge in [-0.3, -0.25) is 9.69 Å². The summed E-state index contributed by atoms with van der Waals surface area (Å²) in [5.41, 5.74) is -0.419. The van der Waals surface area contributed by atoms with E-state index in [0.29, 0.717) is 45.6 Å². The van der Waals surface area contributed by atoms with Gasteiger partial charge in [0.25, 0.3) is 0 Å². The van der Waals surface area contributed by atoms with Gasteiger partial charge in [0.15, 0.2) is 0 Å². The van der Waals surface area contributed by atoms with Crippen molar-refractivity contribution in [2.24, 2.45) is 0 Å². The molecule has 178 valence electrons. The van der Waals surface area contributed by atoms with Crippen molar-refractivity contribution in [1.82, 2.24) is 10.2 Å². The van der Waals surface area contributed by atoms with Crippen molar-refractivity contribution in [3.8, 4) is 5.75 Å². The number of carbonyl (C=O) groups is 1. The number of halogens is 3. The lowest BCUT2D eigenvalue weighted by atomic mass is 9.86. The van der Waals surface area contributed by atoms with Gasteiger partial charge in [0.2, 0.25) is 5.91 Å². The Kier molecular flexibility index (Phi) is 6.95. The van der Waals surface area contributed by atoms with Crippen LogP contribution in [-0.4, -0.2) is 48.8 Å². The predicted molar refractivity (Wildman–Crippen MR) is 118 cm³/mol. The number of hydrogen-bond donors (Lipinski definition) is 1. The van der Waals surface area contributed by atoms with Gasteiger partial charge < -0.3 is 14.8 Å². The van der Waals surface area contributed by atoms with E-state index in [0.717, 1.165) is 17.7 Å². The Morgan fingerprint density at radius 1 is 1.15 bits per heavy atom.